The maximum absolute atomic E-state index is 10.6. The van der Waals surface area contributed by atoms with Crippen molar-refractivity contribution in [2.45, 2.75) is 58.0 Å². The maximum atomic E-state index is 10.6. The van der Waals surface area contributed by atoms with E-state index in [9.17, 15) is 4.79 Å². The van der Waals surface area contributed by atoms with E-state index >= 15 is 0 Å². The van der Waals surface area contributed by atoms with Crippen LogP contribution in [0.5, 0.6) is 5.75 Å². The smallest absolute Gasteiger partial charge is 0.150 e. The molecule has 1 N–H and O–H groups in total. The number of rotatable bonds is 4. The number of carbonyl (C=O) groups excluding carboxylic acids is 1. The predicted octanol–water partition coefficient (Wildman–Crippen LogP) is 3.55. The van der Waals surface area contributed by atoms with Crippen molar-refractivity contribution in [3.05, 3.63) is 29.3 Å². The fourth-order valence-electron chi connectivity index (χ4n) is 3.11. The van der Waals surface area contributed by atoms with Crippen LogP contribution in [0.1, 0.15) is 61.9 Å². The van der Waals surface area contributed by atoms with Gasteiger partial charge in [0.25, 0.3) is 0 Å². The number of hydrogen-bond acceptors (Lipinski definition) is 4. The number of benzene rings is 1. The number of nitrogens with one attached hydrogen (secondary N) is 1. The van der Waals surface area contributed by atoms with E-state index in [1.807, 2.05) is 19.1 Å². The lowest BCUT2D eigenvalue weighted by molar-refractivity contribution is 0.0238. The molecule has 2 heterocycles. The minimum atomic E-state index is 0.414. The Labute approximate surface area is 139 Å². The predicted molar refractivity (Wildman–Crippen MR) is 92.5 cm³/mol. The molecule has 0 spiro atoms. The highest BCUT2D eigenvalue weighted by Crippen LogP contribution is 2.27. The van der Waals surface area contributed by atoms with E-state index in [-0.39, 0.29) is 0 Å². The van der Waals surface area contributed by atoms with E-state index in [4.69, 9.17) is 9.47 Å². The van der Waals surface area contributed by atoms with Gasteiger partial charge in [-0.3, -0.25) is 4.79 Å². The summed E-state index contributed by atoms with van der Waals surface area (Å²) in [5, 5.41) is 3.53. The monoisotopic (exact) mass is 319 g/mol. The summed E-state index contributed by atoms with van der Waals surface area (Å²) in [6.45, 7) is 8.67. The van der Waals surface area contributed by atoms with Crippen LogP contribution in [0.25, 0.3) is 0 Å². The van der Waals surface area contributed by atoms with Gasteiger partial charge in [0.15, 0.2) is 0 Å². The van der Waals surface area contributed by atoms with Crippen LogP contribution in [0, 0.1) is 0 Å². The Bertz CT molecular complexity index is 481. The first-order valence-corrected chi connectivity index (χ1v) is 8.69. The SMILES string of the molecule is C1CC2COCC(C1)N2.CCOc1cc(C=O)ccc1C(C)C. The molecular weight excluding hydrogens is 290 g/mol. The fraction of sp³-hybridized carbons (Fsp3) is 0.632. The van der Waals surface area contributed by atoms with Crippen LogP contribution in [0.3, 0.4) is 0 Å². The van der Waals surface area contributed by atoms with Gasteiger partial charge in [-0.05, 0) is 37.3 Å². The summed E-state index contributed by atoms with van der Waals surface area (Å²) < 4.78 is 10.9. The van der Waals surface area contributed by atoms with Gasteiger partial charge < -0.3 is 14.8 Å². The summed E-state index contributed by atoms with van der Waals surface area (Å²) in [4.78, 5) is 10.6. The van der Waals surface area contributed by atoms with Crippen molar-refractivity contribution in [1.82, 2.24) is 5.32 Å². The zero-order valence-electron chi connectivity index (χ0n) is 14.5. The van der Waals surface area contributed by atoms with Crippen LogP contribution in [-0.2, 0) is 4.74 Å². The van der Waals surface area contributed by atoms with Crippen LogP contribution >= 0.6 is 0 Å². The minimum absolute atomic E-state index is 0.414. The highest BCUT2D eigenvalue weighted by atomic mass is 16.5. The number of aldehydes is 1. The topological polar surface area (TPSA) is 47.6 Å². The first kappa shape index (κ1) is 18.0. The summed E-state index contributed by atoms with van der Waals surface area (Å²) in [7, 11) is 0. The zero-order valence-corrected chi connectivity index (χ0v) is 14.5. The van der Waals surface area contributed by atoms with Gasteiger partial charge in [-0.2, -0.15) is 0 Å². The molecular formula is C19H29NO3. The molecule has 0 saturated carbocycles. The Morgan fingerprint density at radius 1 is 1.30 bits per heavy atom. The number of piperidine rings is 1. The second-order valence-electron chi connectivity index (χ2n) is 6.53. The molecule has 1 aromatic carbocycles. The van der Waals surface area contributed by atoms with Crippen molar-refractivity contribution in [3.8, 4) is 5.75 Å². The van der Waals surface area contributed by atoms with E-state index in [0.717, 1.165) is 30.8 Å². The number of morpholine rings is 1. The van der Waals surface area contributed by atoms with E-state index in [2.05, 4.69) is 19.2 Å². The van der Waals surface area contributed by atoms with Crippen molar-refractivity contribution in [3.63, 3.8) is 0 Å². The van der Waals surface area contributed by atoms with E-state index in [0.29, 0.717) is 30.2 Å². The molecule has 2 fully saturated rings. The molecule has 0 aromatic heterocycles. The molecule has 0 radical (unpaired) electrons. The molecule has 1 aromatic rings. The van der Waals surface area contributed by atoms with Gasteiger partial charge in [0.2, 0.25) is 0 Å². The van der Waals surface area contributed by atoms with Gasteiger partial charge in [0, 0.05) is 17.6 Å². The summed E-state index contributed by atoms with van der Waals surface area (Å²) in [5.74, 6) is 1.24. The zero-order chi connectivity index (χ0) is 16.7. The summed E-state index contributed by atoms with van der Waals surface area (Å²) in [6, 6.07) is 6.94. The molecule has 23 heavy (non-hydrogen) atoms. The average Bonchev–Trinajstić information content (AvgIpc) is 2.55. The van der Waals surface area contributed by atoms with Crippen molar-refractivity contribution >= 4 is 6.29 Å². The van der Waals surface area contributed by atoms with Gasteiger partial charge in [0.1, 0.15) is 12.0 Å². The molecule has 2 aliphatic heterocycles. The van der Waals surface area contributed by atoms with E-state index in [1.54, 1.807) is 6.07 Å². The number of hydrogen-bond donors (Lipinski definition) is 1. The van der Waals surface area contributed by atoms with Crippen LogP contribution in [-0.4, -0.2) is 38.2 Å². The Balaban J connectivity index is 0.000000182. The standard InChI is InChI=1S/C12H16O2.C7H13NO/c1-4-14-12-7-10(8-13)5-6-11(12)9(2)3;1-2-6-4-9-5-7(3-1)8-6/h5-9H,4H2,1-3H3;6-8H,1-5H2. The molecule has 2 atom stereocenters. The van der Waals surface area contributed by atoms with Gasteiger partial charge >= 0.3 is 0 Å². The minimum Gasteiger partial charge on any atom is -0.494 e. The maximum Gasteiger partial charge on any atom is 0.150 e. The Kier molecular flexibility index (Phi) is 7.06. The van der Waals surface area contributed by atoms with Crippen LogP contribution in [0.4, 0.5) is 0 Å². The molecule has 128 valence electrons. The molecule has 0 aliphatic carbocycles. The van der Waals surface area contributed by atoms with Crippen molar-refractivity contribution in [2.24, 2.45) is 0 Å². The third-order valence-electron chi connectivity index (χ3n) is 4.31. The first-order valence-electron chi connectivity index (χ1n) is 8.69. The van der Waals surface area contributed by atoms with Crippen molar-refractivity contribution < 1.29 is 14.3 Å². The number of fused-ring (bicyclic) bond motifs is 2. The molecule has 2 aliphatic rings. The van der Waals surface area contributed by atoms with Crippen LogP contribution in [0.2, 0.25) is 0 Å². The van der Waals surface area contributed by atoms with E-state index < -0.39 is 0 Å². The van der Waals surface area contributed by atoms with Gasteiger partial charge in [0.05, 0.1) is 19.8 Å². The Morgan fingerprint density at radius 2 is 2.00 bits per heavy atom. The molecule has 2 unspecified atom stereocenters. The van der Waals surface area contributed by atoms with Crippen LogP contribution in [0.15, 0.2) is 18.2 Å². The van der Waals surface area contributed by atoms with E-state index in [1.165, 1.54) is 19.3 Å². The molecule has 2 saturated heterocycles. The van der Waals surface area contributed by atoms with Crippen LogP contribution < -0.4 is 10.1 Å². The summed E-state index contributed by atoms with van der Waals surface area (Å²) >= 11 is 0. The molecule has 4 heteroatoms. The molecule has 3 rings (SSSR count). The average molecular weight is 319 g/mol. The lowest BCUT2D eigenvalue weighted by Crippen LogP contribution is -2.51. The highest BCUT2D eigenvalue weighted by molar-refractivity contribution is 5.76. The van der Waals surface area contributed by atoms with Gasteiger partial charge in [-0.15, -0.1) is 0 Å². The van der Waals surface area contributed by atoms with Gasteiger partial charge in [-0.25, -0.2) is 0 Å². The Morgan fingerprint density at radius 3 is 2.52 bits per heavy atom. The highest BCUT2D eigenvalue weighted by Gasteiger charge is 2.24. The third kappa shape index (κ3) is 5.33. The third-order valence-corrected chi connectivity index (χ3v) is 4.31. The fourth-order valence-corrected chi connectivity index (χ4v) is 3.11. The number of ether oxygens (including phenoxy) is 2. The lowest BCUT2D eigenvalue weighted by Gasteiger charge is -2.35. The van der Waals surface area contributed by atoms with Crippen molar-refractivity contribution in [1.29, 1.82) is 0 Å². The first-order chi connectivity index (χ1) is 11.1. The lowest BCUT2D eigenvalue weighted by atomic mass is 9.98. The summed E-state index contributed by atoms with van der Waals surface area (Å²) in [6.07, 6.45) is 4.87. The molecule has 0 amide bonds. The van der Waals surface area contributed by atoms with Gasteiger partial charge in [-0.1, -0.05) is 32.4 Å². The molecule has 4 nitrogen and oxygen atoms in total. The molecule has 2 bridgehead atoms. The second kappa shape index (κ2) is 9.04. The Hall–Kier alpha value is -1.39. The largest absolute Gasteiger partial charge is 0.494 e. The van der Waals surface area contributed by atoms with Crippen molar-refractivity contribution in [2.75, 3.05) is 19.8 Å². The quantitative estimate of drug-likeness (QED) is 0.862. The second-order valence-corrected chi connectivity index (χ2v) is 6.53. The number of carbonyl (C=O) groups is 1. The normalized spacial score (nSPS) is 23.0. The summed E-state index contributed by atoms with van der Waals surface area (Å²) in [5.41, 5.74) is 1.82.